The van der Waals surface area contributed by atoms with Gasteiger partial charge in [-0.2, -0.15) is 0 Å². The summed E-state index contributed by atoms with van der Waals surface area (Å²) in [6.45, 7) is 2.27. The summed E-state index contributed by atoms with van der Waals surface area (Å²) in [7, 11) is 0. The minimum atomic E-state index is -0.744. The molecule has 1 aromatic rings. The van der Waals surface area contributed by atoms with E-state index in [0.29, 0.717) is 0 Å². The number of nitrogens with two attached hydrogens (primary N) is 1. The second-order valence-electron chi connectivity index (χ2n) is 3.69. The number of carbonyl (C=O) groups is 1. The number of aromatic nitrogens is 1. The topological polar surface area (TPSA) is 108 Å². The van der Waals surface area contributed by atoms with Crippen LogP contribution in [0.5, 0.6) is 0 Å². The summed E-state index contributed by atoms with van der Waals surface area (Å²) in [5.74, 6) is -1.03. The molecule has 0 atom stereocenters. The van der Waals surface area contributed by atoms with E-state index in [2.05, 4.69) is 4.98 Å². The van der Waals surface area contributed by atoms with Gasteiger partial charge in [0.15, 0.2) is 0 Å². The van der Waals surface area contributed by atoms with E-state index in [1.165, 1.54) is 12.3 Å². The number of hydrogen-bond acceptors (Lipinski definition) is 6. The number of nitrogen functional groups attached to an aromatic ring is 1. The van der Waals surface area contributed by atoms with Gasteiger partial charge in [-0.05, 0) is 12.5 Å². The smallest absolute Gasteiger partial charge is 0.345 e. The van der Waals surface area contributed by atoms with Crippen LogP contribution in [0.4, 0.5) is 11.5 Å². The largest absolute Gasteiger partial charge is 0.462 e. The van der Waals surface area contributed by atoms with Crippen molar-refractivity contribution in [1.82, 2.24) is 4.98 Å². The number of ether oxygens (including phenoxy) is 1. The second-order valence-corrected chi connectivity index (χ2v) is 3.69. The number of pyridine rings is 1. The highest BCUT2D eigenvalue weighted by Crippen LogP contribution is 2.24. The van der Waals surface area contributed by atoms with Gasteiger partial charge in [0.25, 0.3) is 0 Å². The van der Waals surface area contributed by atoms with Crippen molar-refractivity contribution in [3.63, 3.8) is 0 Å². The quantitative estimate of drug-likeness (QED) is 0.359. The summed E-state index contributed by atoms with van der Waals surface area (Å²) in [6, 6.07) is 1.23. The molecule has 7 nitrogen and oxygen atoms in total. The highest BCUT2D eigenvalue weighted by atomic mass is 16.6. The normalized spacial score (nSPS) is 10.1. The molecule has 18 heavy (non-hydrogen) atoms. The molecule has 1 aromatic heterocycles. The molecule has 0 saturated heterocycles. The number of anilines is 1. The first kappa shape index (κ1) is 13.9. The molecule has 0 bridgehead atoms. The molecule has 0 aliphatic carbocycles. The molecule has 7 heteroatoms. The summed E-state index contributed by atoms with van der Waals surface area (Å²) < 4.78 is 4.95. The summed E-state index contributed by atoms with van der Waals surface area (Å²) in [4.78, 5) is 25.3. The lowest BCUT2D eigenvalue weighted by Gasteiger charge is -2.05. The zero-order valence-electron chi connectivity index (χ0n) is 10.1. The van der Waals surface area contributed by atoms with Crippen molar-refractivity contribution in [1.29, 1.82) is 0 Å². The lowest BCUT2D eigenvalue weighted by atomic mass is 10.2. The standard InChI is InChI=1S/C11H15N3O4/c1-2-3-4-7-18-11(15)8-5-6-13-10(12)9(8)14(16)17/h5-6H,2-4,7H2,1H3,(H2,12,13). The molecule has 0 aliphatic heterocycles. The highest BCUT2D eigenvalue weighted by Gasteiger charge is 2.25. The summed E-state index contributed by atoms with van der Waals surface area (Å²) in [6.07, 6.45) is 3.91. The summed E-state index contributed by atoms with van der Waals surface area (Å²) in [5.41, 5.74) is 4.71. The Hall–Kier alpha value is -2.18. The number of hydrogen-bond donors (Lipinski definition) is 1. The van der Waals surface area contributed by atoms with Crippen LogP contribution in [0, 0.1) is 10.1 Å². The van der Waals surface area contributed by atoms with Crippen LogP contribution in [-0.4, -0.2) is 22.5 Å². The van der Waals surface area contributed by atoms with Crippen molar-refractivity contribution in [3.8, 4) is 0 Å². The Bertz CT molecular complexity index is 448. The fourth-order valence-electron chi connectivity index (χ4n) is 1.42. The fraction of sp³-hybridized carbons (Fsp3) is 0.455. The second kappa shape index (κ2) is 6.53. The van der Waals surface area contributed by atoms with E-state index in [1.54, 1.807) is 0 Å². The first-order valence-electron chi connectivity index (χ1n) is 5.64. The van der Waals surface area contributed by atoms with Crippen LogP contribution in [0.25, 0.3) is 0 Å². The lowest BCUT2D eigenvalue weighted by molar-refractivity contribution is -0.384. The summed E-state index contributed by atoms with van der Waals surface area (Å²) in [5, 5.41) is 10.8. The highest BCUT2D eigenvalue weighted by molar-refractivity contribution is 5.95. The predicted molar refractivity (Wildman–Crippen MR) is 65.1 cm³/mol. The van der Waals surface area contributed by atoms with Crippen molar-refractivity contribution in [2.75, 3.05) is 12.3 Å². The predicted octanol–water partition coefficient (Wildman–Crippen LogP) is 1.92. The van der Waals surface area contributed by atoms with E-state index in [4.69, 9.17) is 10.5 Å². The van der Waals surface area contributed by atoms with Gasteiger partial charge in [0.1, 0.15) is 5.56 Å². The van der Waals surface area contributed by atoms with Crippen molar-refractivity contribution in [2.45, 2.75) is 26.2 Å². The Labute approximate surface area is 104 Å². The van der Waals surface area contributed by atoms with Crippen LogP contribution in [0.15, 0.2) is 12.3 Å². The lowest BCUT2D eigenvalue weighted by Crippen LogP contribution is -2.11. The SMILES string of the molecule is CCCCCOC(=O)c1ccnc(N)c1[N+](=O)[O-]. The molecule has 0 amide bonds. The van der Waals surface area contributed by atoms with Crippen LogP contribution in [0.2, 0.25) is 0 Å². The monoisotopic (exact) mass is 253 g/mol. The van der Waals surface area contributed by atoms with Gasteiger partial charge < -0.3 is 10.5 Å². The van der Waals surface area contributed by atoms with Crippen LogP contribution in [-0.2, 0) is 4.74 Å². The number of unbranched alkanes of at least 4 members (excludes halogenated alkanes) is 2. The molecule has 1 heterocycles. The van der Waals surface area contributed by atoms with Crippen molar-refractivity contribution in [2.24, 2.45) is 0 Å². The van der Waals surface area contributed by atoms with Gasteiger partial charge in [0, 0.05) is 6.20 Å². The van der Waals surface area contributed by atoms with Gasteiger partial charge in [0.05, 0.1) is 11.5 Å². The van der Waals surface area contributed by atoms with Gasteiger partial charge in [0.2, 0.25) is 5.82 Å². The number of rotatable bonds is 6. The first-order chi connectivity index (χ1) is 8.57. The Morgan fingerprint density at radius 1 is 1.56 bits per heavy atom. The molecule has 1 rings (SSSR count). The number of nitrogens with zero attached hydrogens (tertiary/aromatic N) is 2. The average molecular weight is 253 g/mol. The van der Waals surface area contributed by atoms with E-state index < -0.39 is 16.6 Å². The molecule has 0 fully saturated rings. The number of nitro groups is 1. The molecule has 0 saturated carbocycles. The zero-order valence-corrected chi connectivity index (χ0v) is 10.1. The minimum absolute atomic E-state index is 0.163. The third-order valence-electron chi connectivity index (χ3n) is 2.34. The van der Waals surface area contributed by atoms with E-state index in [0.717, 1.165) is 19.3 Å². The minimum Gasteiger partial charge on any atom is -0.462 e. The van der Waals surface area contributed by atoms with Crippen molar-refractivity contribution >= 4 is 17.5 Å². The Kier molecular flexibility index (Phi) is 5.04. The maximum absolute atomic E-state index is 11.7. The molecule has 0 aromatic carbocycles. The van der Waals surface area contributed by atoms with Crippen LogP contribution < -0.4 is 5.73 Å². The van der Waals surface area contributed by atoms with Crippen molar-refractivity contribution in [3.05, 3.63) is 27.9 Å². The first-order valence-corrected chi connectivity index (χ1v) is 5.64. The third kappa shape index (κ3) is 3.41. The van der Waals surface area contributed by atoms with Gasteiger partial charge in [-0.3, -0.25) is 10.1 Å². The van der Waals surface area contributed by atoms with Crippen LogP contribution in [0.1, 0.15) is 36.5 Å². The van der Waals surface area contributed by atoms with Gasteiger partial charge in [-0.25, -0.2) is 9.78 Å². The Morgan fingerprint density at radius 2 is 2.28 bits per heavy atom. The molecular weight excluding hydrogens is 238 g/mol. The summed E-state index contributed by atoms with van der Waals surface area (Å²) >= 11 is 0. The van der Waals surface area contributed by atoms with Crippen molar-refractivity contribution < 1.29 is 14.5 Å². The molecule has 0 unspecified atom stereocenters. The maximum atomic E-state index is 11.7. The Morgan fingerprint density at radius 3 is 2.89 bits per heavy atom. The average Bonchev–Trinajstić information content (AvgIpc) is 2.33. The molecule has 0 aliphatic rings. The van der Waals surface area contributed by atoms with Gasteiger partial charge >= 0.3 is 11.7 Å². The number of carbonyl (C=O) groups excluding carboxylic acids is 1. The number of esters is 1. The Balaban J connectivity index is 2.79. The van der Waals surface area contributed by atoms with Crippen LogP contribution >= 0.6 is 0 Å². The molecule has 2 N–H and O–H groups in total. The molecule has 98 valence electrons. The van der Waals surface area contributed by atoms with E-state index >= 15 is 0 Å². The van der Waals surface area contributed by atoms with Crippen LogP contribution in [0.3, 0.4) is 0 Å². The van der Waals surface area contributed by atoms with Gasteiger partial charge in [-0.15, -0.1) is 0 Å². The maximum Gasteiger partial charge on any atom is 0.345 e. The molecular formula is C11H15N3O4. The van der Waals surface area contributed by atoms with E-state index in [-0.39, 0.29) is 18.0 Å². The molecule has 0 spiro atoms. The third-order valence-corrected chi connectivity index (χ3v) is 2.34. The molecule has 0 radical (unpaired) electrons. The fourth-order valence-corrected chi connectivity index (χ4v) is 1.42. The van der Waals surface area contributed by atoms with E-state index in [9.17, 15) is 14.9 Å². The zero-order chi connectivity index (χ0) is 13.5. The van der Waals surface area contributed by atoms with Gasteiger partial charge in [-0.1, -0.05) is 19.8 Å². The van der Waals surface area contributed by atoms with E-state index in [1.807, 2.05) is 6.92 Å².